The molecule has 168 valence electrons. The average Bonchev–Trinajstić information content (AvgIpc) is 3.03. The summed E-state index contributed by atoms with van der Waals surface area (Å²) in [6, 6.07) is 0. The van der Waals surface area contributed by atoms with Crippen molar-refractivity contribution >= 4 is 0 Å². The Hall–Kier alpha value is -0.860. The fraction of sp³-hybridized carbons (Fsp3) is 0.786. The SMILES string of the molecule is C[C@H](C=C[C@H](C)C(C)(C)O)[C@H]1CC[C@H]2C3=CC=C4C[C@@H](O)CC[C@]4(C)[C@H]3CC[C@]12C. The third-order valence-corrected chi connectivity index (χ3v) is 10.1. The summed E-state index contributed by atoms with van der Waals surface area (Å²) in [6.45, 7) is 13.4. The van der Waals surface area contributed by atoms with Crippen LogP contribution in [0.2, 0.25) is 0 Å². The zero-order chi connectivity index (χ0) is 21.9. The maximum atomic E-state index is 10.3. The Morgan fingerprint density at radius 2 is 1.73 bits per heavy atom. The molecule has 0 radical (unpaired) electrons. The van der Waals surface area contributed by atoms with Gasteiger partial charge in [-0.25, -0.2) is 0 Å². The lowest BCUT2D eigenvalue weighted by Gasteiger charge is -2.55. The van der Waals surface area contributed by atoms with Crippen molar-refractivity contribution in [2.75, 3.05) is 0 Å². The molecular weight excluding hydrogens is 368 g/mol. The molecule has 0 aromatic heterocycles. The highest BCUT2D eigenvalue weighted by atomic mass is 16.3. The Labute approximate surface area is 184 Å². The van der Waals surface area contributed by atoms with Crippen LogP contribution in [0.5, 0.6) is 0 Å². The molecule has 4 rings (SSSR count). The summed E-state index contributed by atoms with van der Waals surface area (Å²) in [5.74, 6) is 2.85. The Morgan fingerprint density at radius 3 is 2.43 bits per heavy atom. The number of allylic oxidation sites excluding steroid dienone is 4. The van der Waals surface area contributed by atoms with Gasteiger partial charge in [0, 0.05) is 5.92 Å². The molecule has 3 saturated carbocycles. The monoisotopic (exact) mass is 412 g/mol. The second-order valence-corrected chi connectivity index (χ2v) is 12.2. The maximum Gasteiger partial charge on any atom is 0.0651 e. The second-order valence-electron chi connectivity index (χ2n) is 12.2. The number of aliphatic hydroxyl groups is 2. The zero-order valence-electron chi connectivity index (χ0n) is 20.1. The molecule has 8 atom stereocenters. The van der Waals surface area contributed by atoms with E-state index in [1.54, 1.807) is 5.57 Å². The zero-order valence-corrected chi connectivity index (χ0v) is 20.1. The van der Waals surface area contributed by atoms with E-state index in [0.29, 0.717) is 23.2 Å². The van der Waals surface area contributed by atoms with Gasteiger partial charge >= 0.3 is 0 Å². The summed E-state index contributed by atoms with van der Waals surface area (Å²) < 4.78 is 0. The van der Waals surface area contributed by atoms with Crippen molar-refractivity contribution in [3.8, 4) is 0 Å². The molecule has 4 aliphatic carbocycles. The first-order chi connectivity index (χ1) is 14.0. The molecule has 0 saturated heterocycles. The molecule has 0 aliphatic heterocycles. The van der Waals surface area contributed by atoms with Crippen LogP contribution in [0, 0.1) is 40.4 Å². The third kappa shape index (κ3) is 3.56. The maximum absolute atomic E-state index is 10.3. The van der Waals surface area contributed by atoms with Crippen LogP contribution in [0.3, 0.4) is 0 Å². The second kappa shape index (κ2) is 7.62. The molecular formula is C28H44O2. The van der Waals surface area contributed by atoms with Crippen molar-refractivity contribution in [2.45, 2.75) is 98.2 Å². The molecule has 2 nitrogen and oxygen atoms in total. The van der Waals surface area contributed by atoms with Gasteiger partial charge in [0.2, 0.25) is 0 Å². The van der Waals surface area contributed by atoms with Gasteiger partial charge in [-0.1, -0.05) is 63.1 Å². The van der Waals surface area contributed by atoms with E-state index in [0.717, 1.165) is 25.2 Å². The Balaban J connectivity index is 1.56. The van der Waals surface area contributed by atoms with Crippen molar-refractivity contribution in [3.05, 3.63) is 35.5 Å². The van der Waals surface area contributed by atoms with Gasteiger partial charge in [-0.2, -0.15) is 0 Å². The van der Waals surface area contributed by atoms with Gasteiger partial charge < -0.3 is 10.2 Å². The van der Waals surface area contributed by atoms with Crippen LogP contribution < -0.4 is 0 Å². The molecule has 0 aromatic rings. The van der Waals surface area contributed by atoms with Gasteiger partial charge in [-0.05, 0) is 93.3 Å². The lowest BCUT2D eigenvalue weighted by Crippen LogP contribution is -2.46. The first kappa shape index (κ1) is 22.3. The molecule has 0 bridgehead atoms. The van der Waals surface area contributed by atoms with Gasteiger partial charge in [-0.15, -0.1) is 0 Å². The van der Waals surface area contributed by atoms with E-state index in [-0.39, 0.29) is 17.4 Å². The summed E-state index contributed by atoms with van der Waals surface area (Å²) in [4.78, 5) is 0. The summed E-state index contributed by atoms with van der Waals surface area (Å²) >= 11 is 0. The van der Waals surface area contributed by atoms with Crippen molar-refractivity contribution < 1.29 is 10.2 Å². The predicted octanol–water partition coefficient (Wildman–Crippen LogP) is 6.45. The fourth-order valence-corrected chi connectivity index (χ4v) is 7.60. The van der Waals surface area contributed by atoms with Crippen LogP contribution in [0.15, 0.2) is 35.5 Å². The highest BCUT2D eigenvalue weighted by Crippen LogP contribution is 2.65. The molecule has 0 unspecified atom stereocenters. The van der Waals surface area contributed by atoms with Crippen molar-refractivity contribution in [1.29, 1.82) is 0 Å². The van der Waals surface area contributed by atoms with Gasteiger partial charge in [0.15, 0.2) is 0 Å². The molecule has 2 N–H and O–H groups in total. The highest BCUT2D eigenvalue weighted by molar-refractivity contribution is 5.39. The Kier molecular flexibility index (Phi) is 5.68. The number of hydrogen-bond donors (Lipinski definition) is 2. The average molecular weight is 413 g/mol. The van der Waals surface area contributed by atoms with E-state index in [2.05, 4.69) is 52.0 Å². The van der Waals surface area contributed by atoms with Crippen LogP contribution in [-0.2, 0) is 0 Å². The number of rotatable bonds is 4. The molecule has 0 aromatic carbocycles. The van der Waals surface area contributed by atoms with Gasteiger partial charge in [0.25, 0.3) is 0 Å². The van der Waals surface area contributed by atoms with Crippen molar-refractivity contribution in [3.63, 3.8) is 0 Å². The molecule has 4 aliphatic rings. The van der Waals surface area contributed by atoms with E-state index in [1.165, 1.54) is 31.3 Å². The fourth-order valence-electron chi connectivity index (χ4n) is 7.60. The molecule has 0 amide bonds. The minimum atomic E-state index is -0.656. The molecule has 0 heterocycles. The first-order valence-electron chi connectivity index (χ1n) is 12.5. The van der Waals surface area contributed by atoms with Crippen molar-refractivity contribution in [2.24, 2.45) is 40.4 Å². The van der Waals surface area contributed by atoms with Crippen molar-refractivity contribution in [1.82, 2.24) is 0 Å². The van der Waals surface area contributed by atoms with Crippen LogP contribution in [0.25, 0.3) is 0 Å². The quantitative estimate of drug-likeness (QED) is 0.521. The first-order valence-corrected chi connectivity index (χ1v) is 12.5. The minimum Gasteiger partial charge on any atom is -0.393 e. The van der Waals surface area contributed by atoms with Crippen LogP contribution in [-0.4, -0.2) is 21.9 Å². The molecule has 30 heavy (non-hydrogen) atoms. The number of hydrogen-bond acceptors (Lipinski definition) is 2. The number of fused-ring (bicyclic) bond motifs is 5. The Bertz CT molecular complexity index is 753. The highest BCUT2D eigenvalue weighted by Gasteiger charge is 2.56. The predicted molar refractivity (Wildman–Crippen MR) is 125 cm³/mol. The van der Waals surface area contributed by atoms with Gasteiger partial charge in [0.05, 0.1) is 11.7 Å². The molecule has 3 fully saturated rings. The topological polar surface area (TPSA) is 40.5 Å². The third-order valence-electron chi connectivity index (χ3n) is 10.1. The lowest BCUT2D eigenvalue weighted by atomic mass is 9.50. The summed E-state index contributed by atoms with van der Waals surface area (Å²) in [5, 5.41) is 20.5. The summed E-state index contributed by atoms with van der Waals surface area (Å²) in [7, 11) is 0. The van der Waals surface area contributed by atoms with E-state index >= 15 is 0 Å². The van der Waals surface area contributed by atoms with E-state index in [4.69, 9.17) is 0 Å². The van der Waals surface area contributed by atoms with Gasteiger partial charge in [0.1, 0.15) is 0 Å². The minimum absolute atomic E-state index is 0.136. The summed E-state index contributed by atoms with van der Waals surface area (Å²) in [6.07, 6.45) is 17.6. The van der Waals surface area contributed by atoms with E-state index < -0.39 is 5.60 Å². The van der Waals surface area contributed by atoms with E-state index in [9.17, 15) is 10.2 Å². The molecule has 0 spiro atoms. The van der Waals surface area contributed by atoms with Crippen LogP contribution in [0.1, 0.15) is 86.5 Å². The van der Waals surface area contributed by atoms with Crippen LogP contribution >= 0.6 is 0 Å². The number of aliphatic hydroxyl groups excluding tert-OH is 1. The molecule has 2 heteroatoms. The largest absolute Gasteiger partial charge is 0.393 e. The van der Waals surface area contributed by atoms with Crippen LogP contribution in [0.4, 0.5) is 0 Å². The normalized spacial score (nSPS) is 43.3. The summed E-state index contributed by atoms with van der Waals surface area (Å²) in [5.41, 5.74) is 3.24. The lowest BCUT2D eigenvalue weighted by molar-refractivity contribution is 0.0370. The van der Waals surface area contributed by atoms with Gasteiger partial charge in [-0.3, -0.25) is 0 Å². The Morgan fingerprint density at radius 1 is 1.00 bits per heavy atom. The van der Waals surface area contributed by atoms with E-state index in [1.807, 2.05) is 13.8 Å². The smallest absolute Gasteiger partial charge is 0.0651 e. The standard InChI is InChI=1S/C28H44O2/c1-18(7-8-19(2)26(3,4)30)23-11-12-24-22-10-9-20-17-21(29)13-15-27(20,5)25(22)14-16-28(23,24)6/h7-10,18-19,21,23-25,29-30H,11-17H2,1-6H3/t18-,19+,21+,23-,24+,25+,27+,28-/m1/s1.